The lowest BCUT2D eigenvalue weighted by Crippen LogP contribution is -2.50. The van der Waals surface area contributed by atoms with Gasteiger partial charge in [0.05, 0.1) is 12.3 Å². The van der Waals surface area contributed by atoms with Crippen LogP contribution in [0.4, 0.5) is 0 Å². The fraction of sp³-hybridized carbons (Fsp3) is 0.688. The largest absolute Gasteiger partial charge is 0.438 e. The SMILES string of the molecule is COC[C@@]12CCN(C(=O)c3ocnc3C)C[C@@H]1CN(C(C)=O)C2. The molecule has 2 aliphatic heterocycles. The minimum Gasteiger partial charge on any atom is -0.438 e. The van der Waals surface area contributed by atoms with Gasteiger partial charge in [0.25, 0.3) is 5.91 Å². The number of likely N-dealkylation sites (tertiary alicyclic amines) is 2. The molecule has 3 heterocycles. The van der Waals surface area contributed by atoms with Gasteiger partial charge < -0.3 is 19.0 Å². The Morgan fingerprint density at radius 3 is 2.78 bits per heavy atom. The summed E-state index contributed by atoms with van der Waals surface area (Å²) in [6.07, 6.45) is 2.13. The number of methoxy groups -OCH3 is 1. The first-order valence-electron chi connectivity index (χ1n) is 7.90. The topological polar surface area (TPSA) is 75.9 Å². The van der Waals surface area contributed by atoms with Crippen LogP contribution < -0.4 is 0 Å². The summed E-state index contributed by atoms with van der Waals surface area (Å²) < 4.78 is 10.7. The Bertz CT molecular complexity index is 614. The summed E-state index contributed by atoms with van der Waals surface area (Å²) in [6, 6.07) is 0. The van der Waals surface area contributed by atoms with Gasteiger partial charge in [-0.25, -0.2) is 4.98 Å². The number of hydrogen-bond donors (Lipinski definition) is 0. The highest BCUT2D eigenvalue weighted by Gasteiger charge is 2.51. The minimum absolute atomic E-state index is 0.0480. The number of oxazole rings is 1. The first-order valence-corrected chi connectivity index (χ1v) is 7.90. The summed E-state index contributed by atoms with van der Waals surface area (Å²) in [4.78, 5) is 32.1. The first kappa shape index (κ1) is 16.0. The Morgan fingerprint density at radius 1 is 1.43 bits per heavy atom. The van der Waals surface area contributed by atoms with Gasteiger partial charge in [-0.05, 0) is 13.3 Å². The number of rotatable bonds is 3. The second-order valence-electron chi connectivity index (χ2n) is 6.66. The first-order chi connectivity index (χ1) is 11.0. The van der Waals surface area contributed by atoms with Crippen molar-refractivity contribution in [2.45, 2.75) is 20.3 Å². The molecule has 3 rings (SSSR count). The normalized spacial score (nSPS) is 27.2. The molecule has 1 aromatic heterocycles. The van der Waals surface area contributed by atoms with E-state index in [1.165, 1.54) is 6.39 Å². The zero-order valence-electron chi connectivity index (χ0n) is 13.9. The van der Waals surface area contributed by atoms with E-state index in [-0.39, 0.29) is 23.1 Å². The van der Waals surface area contributed by atoms with E-state index in [1.807, 2.05) is 9.80 Å². The van der Waals surface area contributed by atoms with Crippen LogP contribution in [0.2, 0.25) is 0 Å². The number of piperidine rings is 1. The number of amides is 2. The number of aromatic nitrogens is 1. The number of hydrogen-bond acceptors (Lipinski definition) is 5. The number of nitrogens with zero attached hydrogens (tertiary/aromatic N) is 3. The fourth-order valence-corrected chi connectivity index (χ4v) is 3.88. The van der Waals surface area contributed by atoms with E-state index in [9.17, 15) is 9.59 Å². The molecular weight excluding hydrogens is 298 g/mol. The molecule has 2 fully saturated rings. The van der Waals surface area contributed by atoms with Crippen molar-refractivity contribution in [2.24, 2.45) is 11.3 Å². The third kappa shape index (κ3) is 2.73. The number of aryl methyl sites for hydroxylation is 1. The maximum absolute atomic E-state index is 12.6. The molecule has 0 bridgehead atoms. The highest BCUT2D eigenvalue weighted by molar-refractivity contribution is 5.92. The molecule has 1 aromatic rings. The fourth-order valence-electron chi connectivity index (χ4n) is 3.88. The molecule has 0 aromatic carbocycles. The van der Waals surface area contributed by atoms with Crippen molar-refractivity contribution in [3.63, 3.8) is 0 Å². The molecule has 2 saturated heterocycles. The van der Waals surface area contributed by atoms with Crippen molar-refractivity contribution < 1.29 is 18.7 Å². The van der Waals surface area contributed by atoms with Crippen LogP contribution in [0.5, 0.6) is 0 Å². The molecule has 2 atom stereocenters. The number of carbonyl (C=O) groups is 2. The second-order valence-corrected chi connectivity index (χ2v) is 6.66. The van der Waals surface area contributed by atoms with E-state index in [0.717, 1.165) is 6.42 Å². The molecule has 0 N–H and O–H groups in total. The monoisotopic (exact) mass is 321 g/mol. The molecule has 0 aliphatic carbocycles. The zero-order valence-corrected chi connectivity index (χ0v) is 13.9. The van der Waals surface area contributed by atoms with Gasteiger partial charge in [-0.1, -0.05) is 0 Å². The van der Waals surface area contributed by atoms with Crippen LogP contribution in [0.15, 0.2) is 10.8 Å². The van der Waals surface area contributed by atoms with Crippen LogP contribution in [0.1, 0.15) is 29.6 Å². The van der Waals surface area contributed by atoms with Gasteiger partial charge in [0, 0.05) is 51.5 Å². The third-order valence-electron chi connectivity index (χ3n) is 5.24. The van der Waals surface area contributed by atoms with Crippen LogP contribution in [0.25, 0.3) is 0 Å². The lowest BCUT2D eigenvalue weighted by Gasteiger charge is -2.42. The van der Waals surface area contributed by atoms with Crippen LogP contribution in [-0.2, 0) is 9.53 Å². The van der Waals surface area contributed by atoms with Gasteiger partial charge in [-0.2, -0.15) is 0 Å². The molecule has 0 radical (unpaired) electrons. The van der Waals surface area contributed by atoms with Gasteiger partial charge in [-0.15, -0.1) is 0 Å². The van der Waals surface area contributed by atoms with E-state index in [2.05, 4.69) is 4.98 Å². The number of fused-ring (bicyclic) bond motifs is 1. The van der Waals surface area contributed by atoms with Gasteiger partial charge >= 0.3 is 0 Å². The lowest BCUT2D eigenvalue weighted by atomic mass is 9.73. The highest BCUT2D eigenvalue weighted by atomic mass is 16.5. The molecule has 0 spiro atoms. The molecular formula is C16H23N3O4. The van der Waals surface area contributed by atoms with Crippen molar-refractivity contribution in [1.29, 1.82) is 0 Å². The predicted octanol–water partition coefficient (Wildman–Crippen LogP) is 0.940. The number of ether oxygens (including phenoxy) is 1. The molecule has 126 valence electrons. The van der Waals surface area contributed by atoms with E-state index < -0.39 is 0 Å². The Hall–Kier alpha value is -1.89. The Balaban J connectivity index is 1.78. The minimum atomic E-state index is -0.118. The van der Waals surface area contributed by atoms with Crippen LogP contribution in [-0.4, -0.2) is 66.5 Å². The van der Waals surface area contributed by atoms with E-state index in [4.69, 9.17) is 9.15 Å². The Morgan fingerprint density at radius 2 is 2.17 bits per heavy atom. The van der Waals surface area contributed by atoms with Crippen LogP contribution in [0.3, 0.4) is 0 Å². The molecule has 2 amide bonds. The summed E-state index contributed by atoms with van der Waals surface area (Å²) in [7, 11) is 1.69. The molecule has 0 unspecified atom stereocenters. The van der Waals surface area contributed by atoms with E-state index in [1.54, 1.807) is 21.0 Å². The average Bonchev–Trinajstić information content (AvgIpc) is 3.10. The molecule has 7 heteroatoms. The van der Waals surface area contributed by atoms with Crippen LogP contribution in [0, 0.1) is 18.3 Å². The van der Waals surface area contributed by atoms with E-state index >= 15 is 0 Å². The summed E-state index contributed by atoms with van der Waals surface area (Å²) in [5, 5.41) is 0. The van der Waals surface area contributed by atoms with Gasteiger partial charge in [0.2, 0.25) is 11.7 Å². The van der Waals surface area contributed by atoms with Gasteiger partial charge in [0.15, 0.2) is 6.39 Å². The average molecular weight is 321 g/mol. The maximum Gasteiger partial charge on any atom is 0.291 e. The summed E-state index contributed by atoms with van der Waals surface area (Å²) in [5.41, 5.74) is 0.564. The van der Waals surface area contributed by atoms with Crippen molar-refractivity contribution in [3.8, 4) is 0 Å². The van der Waals surface area contributed by atoms with Crippen LogP contribution >= 0.6 is 0 Å². The van der Waals surface area contributed by atoms with Gasteiger partial charge in [-0.3, -0.25) is 9.59 Å². The maximum atomic E-state index is 12.6. The summed E-state index contributed by atoms with van der Waals surface area (Å²) >= 11 is 0. The van der Waals surface area contributed by atoms with Crippen molar-refractivity contribution >= 4 is 11.8 Å². The Labute approximate surface area is 135 Å². The lowest BCUT2D eigenvalue weighted by molar-refractivity contribution is -0.128. The highest BCUT2D eigenvalue weighted by Crippen LogP contribution is 2.43. The second kappa shape index (κ2) is 5.96. The van der Waals surface area contributed by atoms with Crippen molar-refractivity contribution in [2.75, 3.05) is 39.9 Å². The predicted molar refractivity (Wildman–Crippen MR) is 81.8 cm³/mol. The molecule has 23 heavy (non-hydrogen) atoms. The van der Waals surface area contributed by atoms with E-state index in [0.29, 0.717) is 44.2 Å². The smallest absolute Gasteiger partial charge is 0.291 e. The zero-order chi connectivity index (χ0) is 16.6. The standard InChI is InChI=1S/C16H23N3O4/c1-11-14(23-10-17-11)15(21)18-5-4-16(9-22-3)8-19(12(2)20)7-13(16)6-18/h10,13H,4-9H2,1-3H3/t13-,16+/m1/s1. The summed E-state index contributed by atoms with van der Waals surface area (Å²) in [5.74, 6) is 0.504. The number of carbonyl (C=O) groups excluding carboxylic acids is 2. The summed E-state index contributed by atoms with van der Waals surface area (Å²) in [6.45, 7) is 6.63. The van der Waals surface area contributed by atoms with Gasteiger partial charge in [0.1, 0.15) is 0 Å². The van der Waals surface area contributed by atoms with Crippen molar-refractivity contribution in [3.05, 3.63) is 17.8 Å². The molecule has 2 aliphatic rings. The third-order valence-corrected chi connectivity index (χ3v) is 5.24. The van der Waals surface area contributed by atoms with Crippen molar-refractivity contribution in [1.82, 2.24) is 14.8 Å². The molecule has 7 nitrogen and oxygen atoms in total. The Kier molecular flexibility index (Phi) is 4.14. The quantitative estimate of drug-likeness (QED) is 0.828. The molecule has 0 saturated carbocycles.